The summed E-state index contributed by atoms with van der Waals surface area (Å²) in [6, 6.07) is 10.5. The zero-order chi connectivity index (χ0) is 12.1. The normalized spacial score (nSPS) is 12.6. The molecule has 0 amide bonds. The lowest BCUT2D eigenvalue weighted by molar-refractivity contribution is 0.504. The van der Waals surface area contributed by atoms with Crippen LogP contribution in [0.3, 0.4) is 0 Å². The Balaban J connectivity index is 2.00. The lowest BCUT2D eigenvalue weighted by Gasteiger charge is -2.15. The van der Waals surface area contributed by atoms with Gasteiger partial charge in [0.15, 0.2) is 0 Å². The summed E-state index contributed by atoms with van der Waals surface area (Å²) in [6.45, 7) is 0. The number of nitrogens with one attached hydrogen (secondary N) is 1. The first kappa shape index (κ1) is 11.8. The molecule has 4 heteroatoms. The zero-order valence-electron chi connectivity index (χ0n) is 10.0. The Labute approximate surface area is 101 Å². The Morgan fingerprint density at radius 2 is 2.06 bits per heavy atom. The topological polar surface area (TPSA) is 55.9 Å². The highest BCUT2D eigenvalue weighted by atomic mass is 15.2. The molecule has 90 valence electrons. The molecule has 2 rings (SSSR count). The van der Waals surface area contributed by atoms with Crippen LogP contribution in [0.5, 0.6) is 0 Å². The molecule has 0 aliphatic carbocycles. The molecule has 4 nitrogen and oxygen atoms in total. The summed E-state index contributed by atoms with van der Waals surface area (Å²) in [7, 11) is 2.00. The van der Waals surface area contributed by atoms with Gasteiger partial charge in [0, 0.05) is 31.9 Å². The van der Waals surface area contributed by atoms with E-state index < -0.39 is 0 Å². The molecule has 1 aromatic heterocycles. The number of hydrazine groups is 1. The number of aryl methyl sites for hydroxylation is 1. The standard InChI is InChI=1S/C13H18N4/c1-17-8-7-15-13(17)10-12(16-14)9-11-5-3-2-4-6-11/h2-8,12,16H,9-10,14H2,1H3. The fourth-order valence-electron chi connectivity index (χ4n) is 1.90. The summed E-state index contributed by atoms with van der Waals surface area (Å²) in [5, 5.41) is 0. The second kappa shape index (κ2) is 5.61. The minimum atomic E-state index is 0.207. The van der Waals surface area contributed by atoms with Gasteiger partial charge < -0.3 is 4.57 Å². The van der Waals surface area contributed by atoms with E-state index in [1.165, 1.54) is 5.56 Å². The molecule has 1 aromatic carbocycles. The molecule has 1 unspecified atom stereocenters. The molecule has 0 radical (unpaired) electrons. The van der Waals surface area contributed by atoms with Crippen molar-refractivity contribution in [2.24, 2.45) is 12.9 Å². The maximum atomic E-state index is 5.60. The van der Waals surface area contributed by atoms with Gasteiger partial charge in [0.05, 0.1) is 0 Å². The smallest absolute Gasteiger partial charge is 0.109 e. The highest BCUT2D eigenvalue weighted by molar-refractivity contribution is 5.16. The van der Waals surface area contributed by atoms with Crippen molar-refractivity contribution in [3.8, 4) is 0 Å². The maximum Gasteiger partial charge on any atom is 0.109 e. The molecule has 0 saturated carbocycles. The molecule has 0 saturated heterocycles. The number of hydrogen-bond acceptors (Lipinski definition) is 3. The minimum absolute atomic E-state index is 0.207. The van der Waals surface area contributed by atoms with Gasteiger partial charge in [0.1, 0.15) is 5.82 Å². The van der Waals surface area contributed by atoms with Crippen LogP contribution in [0.1, 0.15) is 11.4 Å². The predicted octanol–water partition coefficient (Wildman–Crippen LogP) is 1.04. The molecule has 1 atom stereocenters. The van der Waals surface area contributed by atoms with E-state index in [-0.39, 0.29) is 6.04 Å². The van der Waals surface area contributed by atoms with Crippen molar-refractivity contribution in [1.82, 2.24) is 15.0 Å². The quantitative estimate of drug-likeness (QED) is 0.596. The van der Waals surface area contributed by atoms with Crippen LogP contribution in [-0.2, 0) is 19.9 Å². The summed E-state index contributed by atoms with van der Waals surface area (Å²) in [4.78, 5) is 4.31. The van der Waals surface area contributed by atoms with E-state index in [4.69, 9.17) is 5.84 Å². The first-order valence-corrected chi connectivity index (χ1v) is 5.76. The number of aromatic nitrogens is 2. The summed E-state index contributed by atoms with van der Waals surface area (Å²) in [5.74, 6) is 6.65. The van der Waals surface area contributed by atoms with Gasteiger partial charge in [-0.15, -0.1) is 0 Å². The molecular weight excluding hydrogens is 212 g/mol. The van der Waals surface area contributed by atoms with E-state index in [0.717, 1.165) is 18.7 Å². The number of nitrogens with two attached hydrogens (primary N) is 1. The Morgan fingerprint density at radius 1 is 1.29 bits per heavy atom. The van der Waals surface area contributed by atoms with Gasteiger partial charge >= 0.3 is 0 Å². The number of rotatable bonds is 5. The minimum Gasteiger partial charge on any atom is -0.338 e. The van der Waals surface area contributed by atoms with Crippen LogP contribution >= 0.6 is 0 Å². The van der Waals surface area contributed by atoms with E-state index in [2.05, 4.69) is 22.5 Å². The van der Waals surface area contributed by atoms with Crippen molar-refractivity contribution in [2.45, 2.75) is 18.9 Å². The largest absolute Gasteiger partial charge is 0.338 e. The SMILES string of the molecule is Cn1ccnc1CC(Cc1ccccc1)NN. The van der Waals surface area contributed by atoms with Crippen LogP contribution < -0.4 is 11.3 Å². The van der Waals surface area contributed by atoms with Crippen LogP contribution in [0.4, 0.5) is 0 Å². The lowest BCUT2D eigenvalue weighted by Crippen LogP contribution is -2.39. The van der Waals surface area contributed by atoms with Crippen LogP contribution in [0.25, 0.3) is 0 Å². The average molecular weight is 230 g/mol. The Morgan fingerprint density at radius 3 is 2.65 bits per heavy atom. The summed E-state index contributed by atoms with van der Waals surface area (Å²) < 4.78 is 2.02. The molecule has 0 bridgehead atoms. The van der Waals surface area contributed by atoms with E-state index in [0.29, 0.717) is 0 Å². The Hall–Kier alpha value is -1.65. The van der Waals surface area contributed by atoms with Crippen LogP contribution in [0.2, 0.25) is 0 Å². The summed E-state index contributed by atoms with van der Waals surface area (Å²) >= 11 is 0. The lowest BCUT2D eigenvalue weighted by atomic mass is 10.0. The van der Waals surface area contributed by atoms with Gasteiger partial charge in [-0.1, -0.05) is 30.3 Å². The van der Waals surface area contributed by atoms with E-state index in [9.17, 15) is 0 Å². The van der Waals surface area contributed by atoms with Gasteiger partial charge in [0.2, 0.25) is 0 Å². The van der Waals surface area contributed by atoms with E-state index in [1.807, 2.05) is 42.2 Å². The molecule has 0 aliphatic rings. The fraction of sp³-hybridized carbons (Fsp3) is 0.308. The third kappa shape index (κ3) is 3.15. The summed E-state index contributed by atoms with van der Waals surface area (Å²) in [5.41, 5.74) is 4.14. The first-order chi connectivity index (χ1) is 8.29. The second-order valence-electron chi connectivity index (χ2n) is 4.21. The van der Waals surface area contributed by atoms with Crippen LogP contribution in [0.15, 0.2) is 42.7 Å². The predicted molar refractivity (Wildman–Crippen MR) is 68.2 cm³/mol. The molecule has 0 fully saturated rings. The van der Waals surface area contributed by atoms with Crippen molar-refractivity contribution >= 4 is 0 Å². The molecule has 1 heterocycles. The van der Waals surface area contributed by atoms with Gasteiger partial charge in [-0.05, 0) is 12.0 Å². The second-order valence-corrected chi connectivity index (χ2v) is 4.21. The summed E-state index contributed by atoms with van der Waals surface area (Å²) in [6.07, 6.45) is 5.50. The van der Waals surface area contributed by atoms with Crippen molar-refractivity contribution in [3.05, 3.63) is 54.1 Å². The van der Waals surface area contributed by atoms with E-state index in [1.54, 1.807) is 0 Å². The Bertz CT molecular complexity index is 449. The van der Waals surface area contributed by atoms with Gasteiger partial charge in [0.25, 0.3) is 0 Å². The number of nitrogens with zero attached hydrogens (tertiary/aromatic N) is 2. The fourth-order valence-corrected chi connectivity index (χ4v) is 1.90. The highest BCUT2D eigenvalue weighted by Gasteiger charge is 2.11. The van der Waals surface area contributed by atoms with Gasteiger partial charge in [-0.3, -0.25) is 11.3 Å². The molecule has 0 spiro atoms. The van der Waals surface area contributed by atoms with Crippen LogP contribution in [-0.4, -0.2) is 15.6 Å². The van der Waals surface area contributed by atoms with Gasteiger partial charge in [-0.2, -0.15) is 0 Å². The van der Waals surface area contributed by atoms with Crippen molar-refractivity contribution in [2.75, 3.05) is 0 Å². The first-order valence-electron chi connectivity index (χ1n) is 5.76. The average Bonchev–Trinajstić information content (AvgIpc) is 2.75. The number of imidazole rings is 1. The third-order valence-electron chi connectivity index (χ3n) is 2.91. The molecule has 2 aromatic rings. The van der Waals surface area contributed by atoms with Gasteiger partial charge in [-0.25, -0.2) is 4.98 Å². The van der Waals surface area contributed by atoms with Crippen LogP contribution in [0, 0.1) is 0 Å². The molecule has 17 heavy (non-hydrogen) atoms. The zero-order valence-corrected chi connectivity index (χ0v) is 10.0. The third-order valence-corrected chi connectivity index (χ3v) is 2.91. The molecule has 3 N–H and O–H groups in total. The monoisotopic (exact) mass is 230 g/mol. The van der Waals surface area contributed by atoms with Crippen molar-refractivity contribution in [3.63, 3.8) is 0 Å². The van der Waals surface area contributed by atoms with Crippen molar-refractivity contribution in [1.29, 1.82) is 0 Å². The maximum absolute atomic E-state index is 5.60. The molecular formula is C13H18N4. The number of benzene rings is 1. The van der Waals surface area contributed by atoms with E-state index >= 15 is 0 Å². The number of hydrogen-bond donors (Lipinski definition) is 2. The highest BCUT2D eigenvalue weighted by Crippen LogP contribution is 2.07. The molecule has 0 aliphatic heterocycles. The van der Waals surface area contributed by atoms with Crippen molar-refractivity contribution < 1.29 is 0 Å². The Kier molecular flexibility index (Phi) is 3.90.